The van der Waals surface area contributed by atoms with Crippen molar-refractivity contribution >= 4 is 33.1 Å². The highest BCUT2D eigenvalue weighted by atomic mass is 15.2. The van der Waals surface area contributed by atoms with Crippen LogP contribution in [0.3, 0.4) is 0 Å². The SMILES string of the molecule is C1=CC2=C(CC1)N(C1CCc3c(n(-c4ccc(C5=CCC(n6c7c(c8ccccc86)CCC(N6c8ccccc8C8C=CCCC86)C7)C=C5)cc4)c4ccccc34)C1)C1C=CCCC21. The molecule has 0 bridgehead atoms. The maximum Gasteiger partial charge on any atom is 0.0557 e. The third-order valence-corrected chi connectivity index (χ3v) is 17.1. The van der Waals surface area contributed by atoms with Crippen molar-refractivity contribution in [2.24, 2.45) is 5.92 Å². The third kappa shape index (κ3) is 5.60. The van der Waals surface area contributed by atoms with E-state index in [1.807, 2.05) is 0 Å². The van der Waals surface area contributed by atoms with E-state index in [1.165, 1.54) is 107 Å². The molecule has 64 heavy (non-hydrogen) atoms. The van der Waals surface area contributed by atoms with Crippen LogP contribution in [0.25, 0.3) is 33.1 Å². The van der Waals surface area contributed by atoms with Crippen LogP contribution in [-0.4, -0.2) is 38.2 Å². The maximum absolute atomic E-state index is 2.91. The first-order valence-corrected chi connectivity index (χ1v) is 24.9. The average Bonchev–Trinajstić information content (AvgIpc) is 4.09. The van der Waals surface area contributed by atoms with Gasteiger partial charge in [0, 0.05) is 87.6 Å². The van der Waals surface area contributed by atoms with Gasteiger partial charge < -0.3 is 18.9 Å². The molecule has 7 atom stereocenters. The average molecular weight is 835 g/mol. The summed E-state index contributed by atoms with van der Waals surface area (Å²) >= 11 is 0. The zero-order valence-electron chi connectivity index (χ0n) is 37.0. The van der Waals surface area contributed by atoms with E-state index in [9.17, 15) is 0 Å². The molecule has 2 aromatic heterocycles. The van der Waals surface area contributed by atoms with Crippen LogP contribution in [0.15, 0.2) is 163 Å². The molecule has 6 aliphatic carbocycles. The molecule has 0 N–H and O–H groups in total. The Balaban J connectivity index is 0.753. The van der Waals surface area contributed by atoms with Gasteiger partial charge in [-0.25, -0.2) is 0 Å². The molecule has 0 amide bonds. The molecule has 0 saturated carbocycles. The van der Waals surface area contributed by atoms with Crippen molar-refractivity contribution in [1.82, 2.24) is 14.0 Å². The van der Waals surface area contributed by atoms with Crippen molar-refractivity contribution in [2.45, 2.75) is 120 Å². The summed E-state index contributed by atoms with van der Waals surface area (Å²) in [6, 6.07) is 39.8. The highest BCUT2D eigenvalue weighted by Crippen LogP contribution is 2.50. The van der Waals surface area contributed by atoms with Crippen molar-refractivity contribution in [2.75, 3.05) is 4.90 Å². The quantitative estimate of drug-likeness (QED) is 0.161. The molecule has 0 spiro atoms. The largest absolute Gasteiger partial charge is 0.364 e. The van der Waals surface area contributed by atoms with Gasteiger partial charge in [0.25, 0.3) is 0 Å². The molecule has 4 aromatic carbocycles. The van der Waals surface area contributed by atoms with Crippen molar-refractivity contribution in [3.8, 4) is 5.69 Å². The highest BCUT2D eigenvalue weighted by molar-refractivity contribution is 5.89. The van der Waals surface area contributed by atoms with Gasteiger partial charge in [-0.1, -0.05) is 121 Å². The molecular formula is C60H58N4. The van der Waals surface area contributed by atoms with E-state index in [0.29, 0.717) is 42.0 Å². The smallest absolute Gasteiger partial charge is 0.0557 e. The van der Waals surface area contributed by atoms with Crippen LogP contribution >= 0.6 is 0 Å². The van der Waals surface area contributed by atoms with Gasteiger partial charge in [-0.05, 0) is 134 Å². The van der Waals surface area contributed by atoms with Gasteiger partial charge in [0.2, 0.25) is 0 Å². The van der Waals surface area contributed by atoms with Gasteiger partial charge in [0.05, 0.1) is 17.6 Å². The zero-order chi connectivity index (χ0) is 41.9. The molecule has 0 radical (unpaired) electrons. The lowest BCUT2D eigenvalue weighted by molar-refractivity contribution is 0.178. The Kier molecular flexibility index (Phi) is 8.63. The minimum absolute atomic E-state index is 0.309. The normalized spacial score (nSPS) is 27.7. The molecule has 8 aliphatic rings. The number of anilines is 1. The van der Waals surface area contributed by atoms with Crippen molar-refractivity contribution in [1.29, 1.82) is 0 Å². The Morgan fingerprint density at radius 2 is 1.30 bits per heavy atom. The van der Waals surface area contributed by atoms with E-state index in [-0.39, 0.29) is 0 Å². The van der Waals surface area contributed by atoms with Gasteiger partial charge in [-0.3, -0.25) is 0 Å². The zero-order valence-corrected chi connectivity index (χ0v) is 37.0. The van der Waals surface area contributed by atoms with E-state index in [4.69, 9.17) is 0 Å². The number of rotatable bonds is 5. The van der Waals surface area contributed by atoms with Crippen molar-refractivity contribution in [3.05, 3.63) is 197 Å². The number of fused-ring (bicyclic) bond motifs is 11. The highest BCUT2D eigenvalue weighted by Gasteiger charge is 2.45. The fraction of sp³-hybridized carbons (Fsp3) is 0.333. The summed E-state index contributed by atoms with van der Waals surface area (Å²) < 4.78 is 5.37. The van der Waals surface area contributed by atoms with E-state index in [1.54, 1.807) is 28.1 Å². The molecule has 4 heteroatoms. The van der Waals surface area contributed by atoms with Crippen molar-refractivity contribution < 1.29 is 0 Å². The summed E-state index contributed by atoms with van der Waals surface area (Å²) in [5.41, 5.74) is 19.3. The molecule has 4 heterocycles. The lowest BCUT2D eigenvalue weighted by Crippen LogP contribution is -2.45. The van der Waals surface area contributed by atoms with E-state index in [2.05, 4.69) is 171 Å². The van der Waals surface area contributed by atoms with E-state index in [0.717, 1.165) is 32.1 Å². The molecule has 7 unspecified atom stereocenters. The standard InChI is InChI=1S/C60H58N4/c1-9-21-55-45(13-1)46-14-2-10-22-56(46)63(55)43-33-35-51-49-17-5-7-19-53(49)61(59(51)37-43)41-29-25-39(26-30-41)40-27-31-42(32-28-40)62-54-20-8-6-18-50(54)52-36-34-44(38-60(52)62)64-57-23-11-3-15-47(57)48-16-4-12-24-58(48)64/h1-3,5-9,12-15,17-21,24-29,31-32,41,43-44,46,48,56,58H,4,10-11,16,22-23,30,33-38H2. The first-order chi connectivity index (χ1) is 31.8. The minimum Gasteiger partial charge on any atom is -0.364 e. The predicted octanol–water partition coefficient (Wildman–Crippen LogP) is 13.5. The van der Waals surface area contributed by atoms with Gasteiger partial charge in [0.15, 0.2) is 0 Å². The molecule has 318 valence electrons. The molecule has 14 rings (SSSR count). The summed E-state index contributed by atoms with van der Waals surface area (Å²) in [5, 5.41) is 2.90. The lowest BCUT2D eigenvalue weighted by atomic mass is 9.84. The lowest BCUT2D eigenvalue weighted by Gasteiger charge is -2.41. The van der Waals surface area contributed by atoms with Gasteiger partial charge >= 0.3 is 0 Å². The molecule has 0 fully saturated rings. The summed E-state index contributed by atoms with van der Waals surface area (Å²) in [7, 11) is 0. The van der Waals surface area contributed by atoms with Crippen LogP contribution in [0.1, 0.15) is 103 Å². The molecular weight excluding hydrogens is 777 g/mol. The number of nitrogens with zero attached hydrogens (tertiary/aromatic N) is 4. The van der Waals surface area contributed by atoms with Crippen LogP contribution in [-0.2, 0) is 25.7 Å². The van der Waals surface area contributed by atoms with Gasteiger partial charge in [0.1, 0.15) is 0 Å². The summed E-state index contributed by atoms with van der Waals surface area (Å²) in [5.74, 6) is 1.19. The topological polar surface area (TPSA) is 16.3 Å². The van der Waals surface area contributed by atoms with Crippen molar-refractivity contribution in [3.63, 3.8) is 0 Å². The van der Waals surface area contributed by atoms with Gasteiger partial charge in [-0.2, -0.15) is 0 Å². The Hall–Kier alpha value is -6.00. The van der Waals surface area contributed by atoms with Gasteiger partial charge in [-0.15, -0.1) is 0 Å². The summed E-state index contributed by atoms with van der Waals surface area (Å²) in [6.45, 7) is 0. The first kappa shape index (κ1) is 37.4. The maximum atomic E-state index is 2.91. The van der Waals surface area contributed by atoms with Crippen LogP contribution < -0.4 is 4.90 Å². The summed E-state index contributed by atoms with van der Waals surface area (Å²) in [4.78, 5) is 5.78. The Morgan fingerprint density at radius 3 is 2.16 bits per heavy atom. The Labute approximate surface area is 378 Å². The second kappa shape index (κ2) is 14.8. The molecule has 4 nitrogen and oxygen atoms in total. The summed E-state index contributed by atoms with van der Waals surface area (Å²) in [6.07, 6.45) is 37.6. The monoisotopic (exact) mass is 834 g/mol. The fourth-order valence-electron chi connectivity index (χ4n) is 14.4. The number of hydrogen-bond donors (Lipinski definition) is 0. The second-order valence-electron chi connectivity index (χ2n) is 20.2. The minimum atomic E-state index is 0.309. The van der Waals surface area contributed by atoms with E-state index < -0.39 is 0 Å². The first-order valence-electron chi connectivity index (χ1n) is 24.9. The fourth-order valence-corrected chi connectivity index (χ4v) is 14.4. The molecule has 0 saturated heterocycles. The van der Waals surface area contributed by atoms with Crippen LogP contribution in [0.5, 0.6) is 0 Å². The number of aromatic nitrogens is 2. The number of hydrogen-bond acceptors (Lipinski definition) is 2. The second-order valence-corrected chi connectivity index (χ2v) is 20.2. The predicted molar refractivity (Wildman–Crippen MR) is 264 cm³/mol. The van der Waals surface area contributed by atoms with Crippen LogP contribution in [0.2, 0.25) is 0 Å². The number of para-hydroxylation sites is 3. The number of allylic oxidation sites excluding steroid dienone is 9. The Bertz CT molecular complexity index is 3050. The van der Waals surface area contributed by atoms with Crippen LogP contribution in [0.4, 0.5) is 5.69 Å². The van der Waals surface area contributed by atoms with Crippen LogP contribution in [0, 0.1) is 5.92 Å². The number of aryl methyl sites for hydroxylation is 2. The number of benzene rings is 4. The van der Waals surface area contributed by atoms with E-state index >= 15 is 0 Å². The Morgan fingerprint density at radius 1 is 0.562 bits per heavy atom. The molecule has 2 aliphatic heterocycles. The third-order valence-electron chi connectivity index (χ3n) is 17.1. The molecule has 6 aromatic rings.